The van der Waals surface area contributed by atoms with Gasteiger partial charge in [0.05, 0.1) is 12.2 Å². The molecule has 3 nitrogen and oxygen atoms in total. The minimum atomic E-state index is 0.164. The van der Waals surface area contributed by atoms with E-state index in [0.717, 1.165) is 31.8 Å². The molecule has 1 spiro atoms. The van der Waals surface area contributed by atoms with Crippen LogP contribution in [0.1, 0.15) is 26.2 Å². The number of hydrogen-bond donors (Lipinski definition) is 1. The Kier molecular flexibility index (Phi) is 3.71. The second kappa shape index (κ2) is 4.84. The van der Waals surface area contributed by atoms with Crippen LogP contribution in [-0.2, 0) is 9.57 Å². The first-order valence-corrected chi connectivity index (χ1v) is 6.59. The van der Waals surface area contributed by atoms with Gasteiger partial charge in [0.1, 0.15) is 0 Å². The molecule has 1 N–H and O–H groups in total. The molecular formula is C10H19NO2S. The normalized spacial score (nSPS) is 37.9. The Morgan fingerprint density at radius 1 is 1.64 bits per heavy atom. The summed E-state index contributed by atoms with van der Waals surface area (Å²) in [5.41, 5.74) is 3.30. The SMILES string of the molecule is CCONC1CCOC2(CCSC2)C1. The summed E-state index contributed by atoms with van der Waals surface area (Å²) >= 11 is 2.01. The maximum Gasteiger partial charge on any atom is 0.0796 e. The van der Waals surface area contributed by atoms with Gasteiger partial charge in [-0.3, -0.25) is 0 Å². The number of nitrogens with one attached hydrogen (secondary N) is 1. The van der Waals surface area contributed by atoms with Crippen molar-refractivity contribution in [1.29, 1.82) is 0 Å². The van der Waals surface area contributed by atoms with Crippen molar-refractivity contribution in [2.75, 3.05) is 24.7 Å². The lowest BCUT2D eigenvalue weighted by molar-refractivity contribution is -0.0970. The van der Waals surface area contributed by atoms with Crippen LogP contribution in [0, 0.1) is 0 Å². The van der Waals surface area contributed by atoms with Gasteiger partial charge in [-0.25, -0.2) is 0 Å². The first-order valence-electron chi connectivity index (χ1n) is 5.44. The molecule has 4 heteroatoms. The van der Waals surface area contributed by atoms with Gasteiger partial charge in [0.25, 0.3) is 0 Å². The van der Waals surface area contributed by atoms with E-state index in [-0.39, 0.29) is 5.60 Å². The molecule has 0 radical (unpaired) electrons. The molecule has 82 valence electrons. The van der Waals surface area contributed by atoms with Crippen LogP contribution in [0.5, 0.6) is 0 Å². The van der Waals surface area contributed by atoms with E-state index in [2.05, 4.69) is 5.48 Å². The molecule has 0 bridgehead atoms. The van der Waals surface area contributed by atoms with Crippen LogP contribution in [0.2, 0.25) is 0 Å². The molecule has 2 saturated heterocycles. The van der Waals surface area contributed by atoms with Gasteiger partial charge in [0, 0.05) is 18.4 Å². The summed E-state index contributed by atoms with van der Waals surface area (Å²) in [6.07, 6.45) is 3.40. The molecule has 14 heavy (non-hydrogen) atoms. The molecule has 0 amide bonds. The van der Waals surface area contributed by atoms with Crippen molar-refractivity contribution in [2.45, 2.75) is 37.8 Å². The zero-order chi connectivity index (χ0) is 9.86. The molecule has 0 aromatic rings. The second-order valence-corrected chi connectivity index (χ2v) is 5.18. The van der Waals surface area contributed by atoms with Gasteiger partial charge in [-0.1, -0.05) is 0 Å². The van der Waals surface area contributed by atoms with E-state index in [0.29, 0.717) is 6.04 Å². The molecule has 2 heterocycles. The van der Waals surface area contributed by atoms with E-state index >= 15 is 0 Å². The van der Waals surface area contributed by atoms with Gasteiger partial charge in [-0.05, 0) is 31.9 Å². The molecule has 2 atom stereocenters. The maximum atomic E-state index is 5.92. The lowest BCUT2D eigenvalue weighted by Gasteiger charge is -2.37. The minimum Gasteiger partial charge on any atom is -0.374 e. The van der Waals surface area contributed by atoms with E-state index in [1.165, 1.54) is 12.2 Å². The molecule has 2 fully saturated rings. The number of ether oxygens (including phenoxy) is 1. The average Bonchev–Trinajstić information content (AvgIpc) is 2.63. The summed E-state index contributed by atoms with van der Waals surface area (Å²) in [4.78, 5) is 5.26. The lowest BCUT2D eigenvalue weighted by atomic mass is 9.90. The van der Waals surface area contributed by atoms with Gasteiger partial charge in [0.15, 0.2) is 0 Å². The largest absolute Gasteiger partial charge is 0.374 e. The summed E-state index contributed by atoms with van der Waals surface area (Å²) in [6, 6.07) is 0.488. The van der Waals surface area contributed by atoms with Crippen LogP contribution in [-0.4, -0.2) is 36.4 Å². The smallest absolute Gasteiger partial charge is 0.0796 e. The molecule has 2 aliphatic heterocycles. The average molecular weight is 217 g/mol. The molecular weight excluding hydrogens is 198 g/mol. The second-order valence-electron chi connectivity index (χ2n) is 4.07. The third-order valence-electron chi connectivity index (χ3n) is 2.95. The summed E-state index contributed by atoms with van der Waals surface area (Å²) < 4.78 is 5.92. The van der Waals surface area contributed by atoms with Gasteiger partial charge in [0.2, 0.25) is 0 Å². The summed E-state index contributed by atoms with van der Waals surface area (Å²) in [7, 11) is 0. The number of hydroxylamine groups is 1. The zero-order valence-electron chi connectivity index (χ0n) is 8.75. The highest BCUT2D eigenvalue weighted by molar-refractivity contribution is 7.99. The topological polar surface area (TPSA) is 30.5 Å². The monoisotopic (exact) mass is 217 g/mol. The van der Waals surface area contributed by atoms with Crippen molar-refractivity contribution in [3.8, 4) is 0 Å². The molecule has 0 saturated carbocycles. The molecule has 0 aromatic carbocycles. The van der Waals surface area contributed by atoms with Crippen LogP contribution in [0.15, 0.2) is 0 Å². The lowest BCUT2D eigenvalue weighted by Crippen LogP contribution is -2.47. The van der Waals surface area contributed by atoms with Crippen LogP contribution >= 0.6 is 11.8 Å². The van der Waals surface area contributed by atoms with Crippen LogP contribution in [0.25, 0.3) is 0 Å². The molecule has 2 rings (SSSR count). The molecule has 2 unspecified atom stereocenters. The van der Waals surface area contributed by atoms with Crippen molar-refractivity contribution in [1.82, 2.24) is 5.48 Å². The molecule has 2 aliphatic rings. The van der Waals surface area contributed by atoms with E-state index in [4.69, 9.17) is 9.57 Å². The van der Waals surface area contributed by atoms with Gasteiger partial charge >= 0.3 is 0 Å². The standard InChI is InChI=1S/C10H19NO2S/c1-2-13-11-9-3-5-12-10(7-9)4-6-14-8-10/h9,11H,2-8H2,1H3. The Hall–Kier alpha value is 0.230. The van der Waals surface area contributed by atoms with Crippen LogP contribution in [0.4, 0.5) is 0 Å². The van der Waals surface area contributed by atoms with Crippen LogP contribution in [0.3, 0.4) is 0 Å². The van der Waals surface area contributed by atoms with Crippen molar-refractivity contribution in [3.63, 3.8) is 0 Å². The summed E-state index contributed by atoms with van der Waals surface area (Å²) in [5.74, 6) is 2.42. The zero-order valence-corrected chi connectivity index (χ0v) is 9.57. The van der Waals surface area contributed by atoms with Crippen molar-refractivity contribution in [2.24, 2.45) is 0 Å². The van der Waals surface area contributed by atoms with Crippen molar-refractivity contribution < 1.29 is 9.57 Å². The van der Waals surface area contributed by atoms with E-state index in [9.17, 15) is 0 Å². The van der Waals surface area contributed by atoms with Gasteiger partial charge in [-0.15, -0.1) is 0 Å². The van der Waals surface area contributed by atoms with Crippen molar-refractivity contribution in [3.05, 3.63) is 0 Å². The Morgan fingerprint density at radius 2 is 2.57 bits per heavy atom. The van der Waals surface area contributed by atoms with Gasteiger partial charge in [-0.2, -0.15) is 17.2 Å². The Bertz CT molecular complexity index is 183. The molecule has 0 aliphatic carbocycles. The third-order valence-corrected chi connectivity index (χ3v) is 4.18. The van der Waals surface area contributed by atoms with E-state index < -0.39 is 0 Å². The molecule has 0 aromatic heterocycles. The quantitative estimate of drug-likeness (QED) is 0.727. The highest BCUT2D eigenvalue weighted by atomic mass is 32.2. The first-order chi connectivity index (χ1) is 6.85. The number of rotatable bonds is 3. The highest BCUT2D eigenvalue weighted by Gasteiger charge is 2.40. The Labute approximate surface area is 89.9 Å². The summed E-state index contributed by atoms with van der Waals surface area (Å²) in [5, 5.41) is 0. The van der Waals surface area contributed by atoms with Crippen molar-refractivity contribution >= 4 is 11.8 Å². The van der Waals surface area contributed by atoms with Crippen LogP contribution < -0.4 is 5.48 Å². The third kappa shape index (κ3) is 2.42. The maximum absolute atomic E-state index is 5.92. The number of hydrogen-bond acceptors (Lipinski definition) is 4. The fourth-order valence-corrected chi connectivity index (χ4v) is 3.57. The highest BCUT2D eigenvalue weighted by Crippen LogP contribution is 2.38. The number of thioether (sulfide) groups is 1. The fraction of sp³-hybridized carbons (Fsp3) is 1.00. The van der Waals surface area contributed by atoms with E-state index in [1.54, 1.807) is 0 Å². The Balaban J connectivity index is 1.83. The Morgan fingerprint density at radius 3 is 3.29 bits per heavy atom. The van der Waals surface area contributed by atoms with E-state index in [1.807, 2.05) is 18.7 Å². The van der Waals surface area contributed by atoms with Gasteiger partial charge < -0.3 is 9.57 Å². The minimum absolute atomic E-state index is 0.164. The predicted octanol–water partition coefficient (Wildman–Crippen LogP) is 1.58. The first kappa shape index (κ1) is 10.7. The predicted molar refractivity (Wildman–Crippen MR) is 58.4 cm³/mol. The summed E-state index contributed by atoms with van der Waals surface area (Å²) in [6.45, 7) is 3.62. The fourth-order valence-electron chi connectivity index (χ4n) is 2.19.